The maximum atomic E-state index is 13.1. The number of fused-ring (bicyclic) bond motifs is 2. The van der Waals surface area contributed by atoms with Gasteiger partial charge in [-0.05, 0) is 47.6 Å². The molecule has 4 rings (SSSR count). The fourth-order valence-corrected chi connectivity index (χ4v) is 4.74. The van der Waals surface area contributed by atoms with Gasteiger partial charge < -0.3 is 25.4 Å². The second-order valence-electron chi connectivity index (χ2n) is 10.4. The number of halogens is 1. The zero-order chi connectivity index (χ0) is 24.5. The molecule has 2 heterocycles. The lowest BCUT2D eigenvalue weighted by molar-refractivity contribution is 0.0719. The average molecular weight is 502 g/mol. The van der Waals surface area contributed by atoms with Crippen LogP contribution in [0, 0.1) is 5.41 Å². The molecule has 0 unspecified atom stereocenters. The van der Waals surface area contributed by atoms with Crippen LogP contribution in [-0.4, -0.2) is 53.7 Å². The monoisotopic (exact) mass is 501 g/mol. The summed E-state index contributed by atoms with van der Waals surface area (Å²) in [7, 11) is 0. The first-order valence-electron chi connectivity index (χ1n) is 12.0. The van der Waals surface area contributed by atoms with Gasteiger partial charge in [0, 0.05) is 37.8 Å². The van der Waals surface area contributed by atoms with Gasteiger partial charge in [-0.2, -0.15) is 0 Å². The summed E-state index contributed by atoms with van der Waals surface area (Å²) in [6.45, 7) is 10.4. The van der Waals surface area contributed by atoms with Gasteiger partial charge in [0.15, 0.2) is 0 Å². The molecule has 7 nitrogen and oxygen atoms in total. The van der Waals surface area contributed by atoms with Gasteiger partial charge >= 0.3 is 0 Å². The number of carbonyl (C=O) groups excluding carboxylic acids is 2. The van der Waals surface area contributed by atoms with E-state index in [2.05, 4.69) is 43.5 Å². The van der Waals surface area contributed by atoms with Crippen molar-refractivity contribution in [2.75, 3.05) is 19.7 Å². The molecule has 2 atom stereocenters. The number of aliphatic hydroxyl groups excluding tert-OH is 1. The lowest BCUT2D eigenvalue weighted by Gasteiger charge is -2.30. The Morgan fingerprint density at radius 3 is 2.63 bits per heavy atom. The first kappa shape index (κ1) is 27.0. The topological polar surface area (TPSA) is 90.9 Å². The Morgan fingerprint density at radius 1 is 1.23 bits per heavy atom. The first-order valence-corrected chi connectivity index (χ1v) is 12.0. The SMILES string of the molecule is CCOc1cc2c(cc1C(=O)NC[C@@H](O)[C@@H]1Cc3ccccc3CN1)CN(CC(C)(C)C)C2=O.Cl. The van der Waals surface area contributed by atoms with Crippen molar-refractivity contribution < 1.29 is 19.4 Å². The van der Waals surface area contributed by atoms with E-state index in [1.165, 1.54) is 11.1 Å². The predicted octanol–water partition coefficient (Wildman–Crippen LogP) is 3.31. The van der Waals surface area contributed by atoms with Crippen LogP contribution < -0.4 is 15.4 Å². The van der Waals surface area contributed by atoms with Crippen molar-refractivity contribution in [2.24, 2.45) is 5.41 Å². The van der Waals surface area contributed by atoms with Gasteiger partial charge in [-0.3, -0.25) is 9.59 Å². The van der Waals surface area contributed by atoms with E-state index in [-0.39, 0.29) is 42.2 Å². The van der Waals surface area contributed by atoms with Crippen LogP contribution in [0.4, 0.5) is 0 Å². The zero-order valence-electron chi connectivity index (χ0n) is 20.9. The highest BCUT2D eigenvalue weighted by molar-refractivity contribution is 6.03. The summed E-state index contributed by atoms with van der Waals surface area (Å²) in [5, 5.41) is 17.0. The number of nitrogens with one attached hydrogen (secondary N) is 2. The van der Waals surface area contributed by atoms with Gasteiger partial charge in [-0.1, -0.05) is 45.0 Å². The summed E-state index contributed by atoms with van der Waals surface area (Å²) < 4.78 is 5.72. The number of hydrogen-bond donors (Lipinski definition) is 3. The van der Waals surface area contributed by atoms with Gasteiger partial charge in [0.05, 0.1) is 18.3 Å². The highest BCUT2D eigenvalue weighted by Gasteiger charge is 2.33. The maximum Gasteiger partial charge on any atom is 0.255 e. The van der Waals surface area contributed by atoms with E-state index >= 15 is 0 Å². The van der Waals surface area contributed by atoms with Crippen molar-refractivity contribution in [3.8, 4) is 5.75 Å². The van der Waals surface area contributed by atoms with Crippen molar-refractivity contribution in [3.05, 3.63) is 64.2 Å². The number of ether oxygens (including phenoxy) is 1. The molecule has 2 aliphatic heterocycles. The number of carbonyl (C=O) groups is 2. The highest BCUT2D eigenvalue weighted by Crippen LogP contribution is 2.32. The Balaban J connectivity index is 0.00000342. The lowest BCUT2D eigenvalue weighted by atomic mass is 9.93. The Morgan fingerprint density at radius 2 is 1.94 bits per heavy atom. The van der Waals surface area contributed by atoms with Crippen molar-refractivity contribution in [3.63, 3.8) is 0 Å². The number of hydrogen-bond acceptors (Lipinski definition) is 5. The van der Waals surface area contributed by atoms with E-state index in [1.807, 2.05) is 24.0 Å². The Kier molecular flexibility index (Phi) is 8.46. The molecule has 2 amide bonds. The van der Waals surface area contributed by atoms with Crippen LogP contribution in [0.15, 0.2) is 36.4 Å². The Hall–Kier alpha value is -2.61. The van der Waals surface area contributed by atoms with Crippen molar-refractivity contribution >= 4 is 24.2 Å². The molecule has 0 aliphatic carbocycles. The number of rotatable bonds is 7. The smallest absolute Gasteiger partial charge is 0.255 e. The van der Waals surface area contributed by atoms with Crippen LogP contribution in [-0.2, 0) is 19.5 Å². The molecule has 0 saturated carbocycles. The molecule has 0 saturated heterocycles. The minimum atomic E-state index is -0.730. The van der Waals surface area contributed by atoms with Crippen LogP contribution in [0.5, 0.6) is 5.75 Å². The van der Waals surface area contributed by atoms with Gasteiger partial charge in [0.1, 0.15) is 5.75 Å². The van der Waals surface area contributed by atoms with E-state index in [9.17, 15) is 14.7 Å². The summed E-state index contributed by atoms with van der Waals surface area (Å²) in [5.41, 5.74) is 4.25. The minimum absolute atomic E-state index is 0. The van der Waals surface area contributed by atoms with Crippen molar-refractivity contribution in [2.45, 2.75) is 59.4 Å². The van der Waals surface area contributed by atoms with E-state index in [0.29, 0.717) is 49.5 Å². The van der Waals surface area contributed by atoms with Crippen LogP contribution in [0.2, 0.25) is 0 Å². The molecule has 0 spiro atoms. The molecule has 3 N–H and O–H groups in total. The minimum Gasteiger partial charge on any atom is -0.493 e. The van der Waals surface area contributed by atoms with Crippen LogP contribution in [0.1, 0.15) is 65.1 Å². The average Bonchev–Trinajstić information content (AvgIpc) is 3.09. The normalized spacial score (nSPS) is 17.8. The number of amides is 2. The fourth-order valence-electron chi connectivity index (χ4n) is 4.74. The Bertz CT molecular complexity index is 1080. The molecular formula is C27H36ClN3O4. The zero-order valence-corrected chi connectivity index (χ0v) is 21.7. The summed E-state index contributed by atoms with van der Waals surface area (Å²) in [4.78, 5) is 27.8. The lowest BCUT2D eigenvalue weighted by Crippen LogP contribution is -2.49. The van der Waals surface area contributed by atoms with Gasteiger partial charge in [-0.15, -0.1) is 12.4 Å². The first-order chi connectivity index (χ1) is 16.2. The summed E-state index contributed by atoms with van der Waals surface area (Å²) in [6.07, 6.45) is -0.0201. The fraction of sp³-hybridized carbons (Fsp3) is 0.481. The van der Waals surface area contributed by atoms with Crippen molar-refractivity contribution in [1.82, 2.24) is 15.5 Å². The molecule has 8 heteroatoms. The third-order valence-electron chi connectivity index (χ3n) is 6.34. The second kappa shape index (κ2) is 11.0. The number of aliphatic hydroxyl groups is 1. The molecule has 2 aromatic rings. The van der Waals surface area contributed by atoms with E-state index in [4.69, 9.17) is 4.74 Å². The quantitative estimate of drug-likeness (QED) is 0.541. The van der Waals surface area contributed by atoms with Crippen LogP contribution in [0.25, 0.3) is 0 Å². The van der Waals surface area contributed by atoms with E-state index < -0.39 is 6.10 Å². The summed E-state index contributed by atoms with van der Waals surface area (Å²) >= 11 is 0. The molecule has 35 heavy (non-hydrogen) atoms. The van der Waals surface area contributed by atoms with E-state index in [1.54, 1.807) is 12.1 Å². The largest absolute Gasteiger partial charge is 0.493 e. The predicted molar refractivity (Wildman–Crippen MR) is 138 cm³/mol. The van der Waals surface area contributed by atoms with Gasteiger partial charge in [-0.25, -0.2) is 0 Å². The molecule has 2 aromatic carbocycles. The molecular weight excluding hydrogens is 466 g/mol. The molecule has 0 fully saturated rings. The Labute approximate surface area is 213 Å². The number of nitrogens with zero attached hydrogens (tertiary/aromatic N) is 1. The van der Waals surface area contributed by atoms with Crippen molar-refractivity contribution in [1.29, 1.82) is 0 Å². The second-order valence-corrected chi connectivity index (χ2v) is 10.4. The summed E-state index contributed by atoms with van der Waals surface area (Å²) in [6, 6.07) is 11.5. The standard InChI is InChI=1S/C27H35N3O4.ClH/c1-5-34-24-12-20-19(15-30(26(20)33)16-27(2,3)4)10-21(24)25(32)29-14-23(31)22-11-17-8-6-7-9-18(17)13-28-22;/h6-10,12,22-23,28,31H,5,11,13-16H2,1-4H3,(H,29,32);1H/t22-,23+;/m0./s1. The third kappa shape index (κ3) is 6.15. The highest BCUT2D eigenvalue weighted by atomic mass is 35.5. The van der Waals surface area contributed by atoms with Crippen LogP contribution in [0.3, 0.4) is 0 Å². The molecule has 0 bridgehead atoms. The molecule has 190 valence electrons. The molecule has 2 aliphatic rings. The van der Waals surface area contributed by atoms with Gasteiger partial charge in [0.25, 0.3) is 11.8 Å². The number of benzene rings is 2. The third-order valence-corrected chi connectivity index (χ3v) is 6.34. The van der Waals surface area contributed by atoms with E-state index in [0.717, 1.165) is 5.56 Å². The maximum absolute atomic E-state index is 13.1. The molecule has 0 radical (unpaired) electrons. The molecule has 0 aromatic heterocycles. The van der Waals surface area contributed by atoms with Gasteiger partial charge in [0.2, 0.25) is 0 Å². The van der Waals surface area contributed by atoms with Crippen LogP contribution >= 0.6 is 12.4 Å². The summed E-state index contributed by atoms with van der Waals surface area (Å²) in [5.74, 6) is 0.0454.